The lowest BCUT2D eigenvalue weighted by atomic mass is 10.1. The van der Waals surface area contributed by atoms with Gasteiger partial charge in [-0.1, -0.05) is 27.7 Å². The third-order valence-corrected chi connectivity index (χ3v) is 2.66. The number of rotatable bonds is 5. The van der Waals surface area contributed by atoms with Crippen LogP contribution in [0.4, 0.5) is 11.5 Å². The molecule has 0 spiro atoms. The van der Waals surface area contributed by atoms with Gasteiger partial charge in [0, 0.05) is 19.3 Å². The van der Waals surface area contributed by atoms with E-state index in [9.17, 15) is 0 Å². The molecule has 0 unspecified atom stereocenters. The molecule has 0 aliphatic carbocycles. The normalized spacial score (nSPS) is 11.2. The van der Waals surface area contributed by atoms with E-state index in [1.807, 2.05) is 19.2 Å². The zero-order valence-corrected chi connectivity index (χ0v) is 11.7. The molecule has 17 heavy (non-hydrogen) atoms. The largest absolute Gasteiger partial charge is 0.396 e. The molecule has 96 valence electrons. The fourth-order valence-corrected chi connectivity index (χ4v) is 1.94. The standard InChI is InChI=1S/C14H25N3/c1-10(2)8-17(9-11(3)4)14-13(15)12(5)6-7-16-14/h6-7,10-11H,8-9,15H2,1-5H3. The summed E-state index contributed by atoms with van der Waals surface area (Å²) in [6.45, 7) is 12.9. The molecular formula is C14H25N3. The minimum Gasteiger partial charge on any atom is -0.396 e. The van der Waals surface area contributed by atoms with E-state index in [-0.39, 0.29) is 0 Å². The number of hydrogen-bond acceptors (Lipinski definition) is 3. The molecule has 0 bridgehead atoms. The third-order valence-electron chi connectivity index (χ3n) is 2.66. The molecule has 1 rings (SSSR count). The predicted octanol–water partition coefficient (Wildman–Crippen LogP) is 3.09. The molecule has 0 saturated heterocycles. The van der Waals surface area contributed by atoms with Crippen molar-refractivity contribution < 1.29 is 0 Å². The third kappa shape index (κ3) is 3.91. The van der Waals surface area contributed by atoms with E-state index in [4.69, 9.17) is 5.73 Å². The zero-order valence-electron chi connectivity index (χ0n) is 11.7. The number of aryl methyl sites for hydroxylation is 1. The van der Waals surface area contributed by atoms with Gasteiger partial charge in [-0.3, -0.25) is 0 Å². The first-order chi connectivity index (χ1) is 7.91. The average Bonchev–Trinajstić information content (AvgIpc) is 2.19. The van der Waals surface area contributed by atoms with Gasteiger partial charge in [-0.25, -0.2) is 4.98 Å². The molecule has 0 atom stereocenters. The van der Waals surface area contributed by atoms with Crippen molar-refractivity contribution in [3.8, 4) is 0 Å². The molecule has 0 saturated carbocycles. The topological polar surface area (TPSA) is 42.2 Å². The first-order valence-corrected chi connectivity index (χ1v) is 6.37. The molecule has 1 heterocycles. The Kier molecular flexibility index (Phi) is 4.79. The van der Waals surface area contributed by atoms with Gasteiger partial charge < -0.3 is 10.6 Å². The predicted molar refractivity (Wildman–Crippen MR) is 75.3 cm³/mol. The summed E-state index contributed by atoms with van der Waals surface area (Å²) in [4.78, 5) is 6.75. The number of nitrogens with two attached hydrogens (primary N) is 1. The molecule has 3 heteroatoms. The van der Waals surface area contributed by atoms with E-state index in [1.165, 1.54) is 0 Å². The Hall–Kier alpha value is -1.25. The highest BCUT2D eigenvalue weighted by Crippen LogP contribution is 2.24. The van der Waals surface area contributed by atoms with Crippen molar-refractivity contribution in [2.45, 2.75) is 34.6 Å². The molecule has 0 radical (unpaired) electrons. The molecular weight excluding hydrogens is 210 g/mol. The Morgan fingerprint density at radius 3 is 2.18 bits per heavy atom. The minimum atomic E-state index is 0.607. The average molecular weight is 235 g/mol. The molecule has 0 amide bonds. The van der Waals surface area contributed by atoms with Gasteiger partial charge in [-0.05, 0) is 30.4 Å². The number of nitrogens with zero attached hydrogens (tertiary/aromatic N) is 2. The lowest BCUT2D eigenvalue weighted by Gasteiger charge is -2.28. The highest BCUT2D eigenvalue weighted by Gasteiger charge is 2.15. The monoisotopic (exact) mass is 235 g/mol. The molecule has 0 fully saturated rings. The van der Waals surface area contributed by atoms with Crippen molar-refractivity contribution in [1.82, 2.24) is 4.98 Å². The van der Waals surface area contributed by atoms with Crippen molar-refractivity contribution >= 4 is 11.5 Å². The quantitative estimate of drug-likeness (QED) is 0.852. The van der Waals surface area contributed by atoms with Gasteiger partial charge >= 0.3 is 0 Å². The number of anilines is 2. The van der Waals surface area contributed by atoms with E-state index in [1.54, 1.807) is 0 Å². The molecule has 3 nitrogen and oxygen atoms in total. The molecule has 1 aromatic rings. The second-order valence-electron chi connectivity index (χ2n) is 5.56. The minimum absolute atomic E-state index is 0.607. The molecule has 0 aliphatic rings. The van der Waals surface area contributed by atoms with Gasteiger partial charge in [0.25, 0.3) is 0 Å². The van der Waals surface area contributed by atoms with E-state index in [0.717, 1.165) is 30.2 Å². The van der Waals surface area contributed by atoms with Crippen LogP contribution in [0, 0.1) is 18.8 Å². The summed E-state index contributed by atoms with van der Waals surface area (Å²) >= 11 is 0. The summed E-state index contributed by atoms with van der Waals surface area (Å²) in [5, 5.41) is 0. The van der Waals surface area contributed by atoms with Crippen molar-refractivity contribution in [2.75, 3.05) is 23.7 Å². The summed E-state index contributed by atoms with van der Waals surface area (Å²) in [6, 6.07) is 1.96. The first-order valence-electron chi connectivity index (χ1n) is 6.37. The molecule has 1 aromatic heterocycles. The Bertz CT molecular complexity index is 348. The van der Waals surface area contributed by atoms with Crippen LogP contribution in [0.25, 0.3) is 0 Å². The van der Waals surface area contributed by atoms with Gasteiger partial charge in [0.15, 0.2) is 5.82 Å². The van der Waals surface area contributed by atoms with Gasteiger partial charge in [0.05, 0.1) is 5.69 Å². The van der Waals surface area contributed by atoms with E-state index < -0.39 is 0 Å². The van der Waals surface area contributed by atoms with Crippen molar-refractivity contribution in [2.24, 2.45) is 11.8 Å². The van der Waals surface area contributed by atoms with Crippen LogP contribution in [0.5, 0.6) is 0 Å². The lowest BCUT2D eigenvalue weighted by Crippen LogP contribution is -2.32. The Morgan fingerprint density at radius 2 is 1.71 bits per heavy atom. The van der Waals surface area contributed by atoms with Crippen molar-refractivity contribution in [3.05, 3.63) is 17.8 Å². The summed E-state index contributed by atoms with van der Waals surface area (Å²) < 4.78 is 0. The van der Waals surface area contributed by atoms with Gasteiger partial charge in [-0.2, -0.15) is 0 Å². The summed E-state index contributed by atoms with van der Waals surface area (Å²) in [5.41, 5.74) is 8.05. The number of pyridine rings is 1. The van der Waals surface area contributed by atoms with Crippen LogP contribution in [0.15, 0.2) is 12.3 Å². The van der Waals surface area contributed by atoms with Crippen LogP contribution in [0.1, 0.15) is 33.3 Å². The van der Waals surface area contributed by atoms with E-state index in [0.29, 0.717) is 11.8 Å². The second-order valence-corrected chi connectivity index (χ2v) is 5.56. The molecule has 0 aliphatic heterocycles. The summed E-state index contributed by atoms with van der Waals surface area (Å²) in [5.74, 6) is 2.15. The Balaban J connectivity index is 2.99. The molecule has 2 N–H and O–H groups in total. The van der Waals surface area contributed by atoms with Crippen molar-refractivity contribution in [1.29, 1.82) is 0 Å². The Labute approximate surface area is 105 Å². The number of nitrogen functional groups attached to an aromatic ring is 1. The summed E-state index contributed by atoms with van der Waals surface area (Å²) in [7, 11) is 0. The number of hydrogen-bond donors (Lipinski definition) is 1. The van der Waals surface area contributed by atoms with Gasteiger partial charge in [0.2, 0.25) is 0 Å². The van der Waals surface area contributed by atoms with E-state index >= 15 is 0 Å². The van der Waals surface area contributed by atoms with Crippen LogP contribution < -0.4 is 10.6 Å². The highest BCUT2D eigenvalue weighted by atomic mass is 15.2. The zero-order chi connectivity index (χ0) is 13.0. The van der Waals surface area contributed by atoms with Gasteiger partial charge in [-0.15, -0.1) is 0 Å². The summed E-state index contributed by atoms with van der Waals surface area (Å²) in [6.07, 6.45) is 1.84. The van der Waals surface area contributed by atoms with Crippen LogP contribution >= 0.6 is 0 Å². The number of aromatic nitrogens is 1. The maximum absolute atomic E-state index is 6.13. The maximum atomic E-state index is 6.13. The first kappa shape index (κ1) is 13.8. The highest BCUT2D eigenvalue weighted by molar-refractivity contribution is 5.66. The maximum Gasteiger partial charge on any atom is 0.152 e. The van der Waals surface area contributed by atoms with Crippen LogP contribution in [-0.2, 0) is 0 Å². The van der Waals surface area contributed by atoms with Gasteiger partial charge in [0.1, 0.15) is 0 Å². The van der Waals surface area contributed by atoms with Crippen LogP contribution in [-0.4, -0.2) is 18.1 Å². The van der Waals surface area contributed by atoms with Crippen molar-refractivity contribution in [3.63, 3.8) is 0 Å². The fourth-order valence-electron chi connectivity index (χ4n) is 1.94. The fraction of sp³-hybridized carbons (Fsp3) is 0.643. The second kappa shape index (κ2) is 5.89. The van der Waals surface area contributed by atoms with Crippen LogP contribution in [0.2, 0.25) is 0 Å². The lowest BCUT2D eigenvalue weighted by molar-refractivity contribution is 0.549. The smallest absolute Gasteiger partial charge is 0.152 e. The SMILES string of the molecule is Cc1ccnc(N(CC(C)C)CC(C)C)c1N. The van der Waals surface area contributed by atoms with E-state index in [2.05, 4.69) is 37.6 Å². The van der Waals surface area contributed by atoms with Crippen LogP contribution in [0.3, 0.4) is 0 Å². The molecule has 0 aromatic carbocycles. The Morgan fingerprint density at radius 1 is 1.18 bits per heavy atom.